The van der Waals surface area contributed by atoms with Crippen LogP contribution in [0.15, 0.2) is 6.20 Å². The number of carbonyl (C=O) groups is 1. The van der Waals surface area contributed by atoms with Crippen molar-refractivity contribution in [2.75, 3.05) is 13.2 Å². The first-order chi connectivity index (χ1) is 14.9. The van der Waals surface area contributed by atoms with E-state index in [-0.39, 0.29) is 29.9 Å². The van der Waals surface area contributed by atoms with E-state index >= 15 is 0 Å². The Morgan fingerprint density at radius 3 is 2.94 bits per heavy atom. The van der Waals surface area contributed by atoms with Crippen molar-refractivity contribution >= 4 is 5.78 Å². The number of ether oxygens (including phenoxy) is 3. The molecule has 31 heavy (non-hydrogen) atoms. The minimum atomic E-state index is -0.796. The second kappa shape index (κ2) is 7.86. The quantitative estimate of drug-likeness (QED) is 0.524. The Morgan fingerprint density at radius 2 is 2.13 bits per heavy atom. The zero-order valence-electron chi connectivity index (χ0n) is 18.4. The summed E-state index contributed by atoms with van der Waals surface area (Å²) in [5.41, 5.74) is 5.06. The summed E-state index contributed by atoms with van der Waals surface area (Å²) in [6, 6.07) is 0. The number of nitrogens with two attached hydrogens (primary N) is 1. The van der Waals surface area contributed by atoms with Gasteiger partial charge in [-0.05, 0) is 38.0 Å². The smallest absolute Gasteiger partial charge is 0.201 e. The molecular weight excluding hydrogens is 404 g/mol. The van der Waals surface area contributed by atoms with Crippen LogP contribution in [0.25, 0.3) is 0 Å². The van der Waals surface area contributed by atoms with Crippen molar-refractivity contribution in [3.63, 3.8) is 0 Å². The Balaban J connectivity index is 1.29. The van der Waals surface area contributed by atoms with Crippen LogP contribution in [-0.2, 0) is 30.5 Å². The highest BCUT2D eigenvalue weighted by atomic mass is 17.3. The van der Waals surface area contributed by atoms with E-state index in [0.29, 0.717) is 25.0 Å². The Bertz CT molecular complexity index is 835. The average molecular weight is 437 g/mol. The lowest BCUT2D eigenvalue weighted by Gasteiger charge is -2.60. The average Bonchev–Trinajstić information content (AvgIpc) is 3.11. The number of hydrogen-bond donors (Lipinski definition) is 1. The lowest BCUT2D eigenvalue weighted by molar-refractivity contribution is -0.577. The largest absolute Gasteiger partial charge is 0.350 e. The highest BCUT2D eigenvalue weighted by Gasteiger charge is 2.69. The minimum absolute atomic E-state index is 0.0858. The molecule has 5 aliphatic rings. The molecule has 1 saturated carbocycles. The van der Waals surface area contributed by atoms with Crippen LogP contribution in [0.2, 0.25) is 0 Å². The number of hydrogen-bond acceptors (Lipinski definition) is 9. The summed E-state index contributed by atoms with van der Waals surface area (Å²) in [6.07, 6.45) is 4.61. The van der Waals surface area contributed by atoms with Crippen molar-refractivity contribution < 1.29 is 28.8 Å². The van der Waals surface area contributed by atoms with Gasteiger partial charge in [0.1, 0.15) is 5.69 Å². The second-order valence-electron chi connectivity index (χ2n) is 9.64. The Hall–Kier alpha value is -1.43. The number of rotatable bonds is 6. The molecule has 0 radical (unpaired) electrons. The van der Waals surface area contributed by atoms with Gasteiger partial charge in [-0.3, -0.25) is 4.79 Å². The molecule has 8 atom stereocenters. The van der Waals surface area contributed by atoms with Gasteiger partial charge in [0.2, 0.25) is 5.79 Å². The van der Waals surface area contributed by atoms with E-state index in [2.05, 4.69) is 24.2 Å². The first-order valence-electron chi connectivity index (χ1n) is 11.3. The first-order valence-corrected chi connectivity index (χ1v) is 11.3. The minimum Gasteiger partial charge on any atom is -0.350 e. The maximum Gasteiger partial charge on any atom is 0.201 e. The third-order valence-electron chi connectivity index (χ3n) is 7.71. The maximum atomic E-state index is 11.6. The summed E-state index contributed by atoms with van der Waals surface area (Å²) >= 11 is 0. The van der Waals surface area contributed by atoms with Crippen LogP contribution < -0.4 is 5.73 Å². The molecule has 10 heteroatoms. The van der Waals surface area contributed by atoms with Gasteiger partial charge in [0.25, 0.3) is 0 Å². The summed E-state index contributed by atoms with van der Waals surface area (Å²) in [4.78, 5) is 23.6. The van der Waals surface area contributed by atoms with Crippen molar-refractivity contribution in [3.8, 4) is 0 Å². The Morgan fingerprint density at radius 1 is 1.29 bits per heavy atom. The topological polar surface area (TPSA) is 120 Å². The molecule has 2 N–H and O–H groups in total. The SMILES string of the molecule is C[C@H]1C(OCCn2cc(C(=O)CN)nn2)OC2O[C@@]3(C)CCC4[C@H](C)CCC1C24OO3. The molecule has 172 valence electrons. The fraction of sp³-hybridized carbons (Fsp3) is 0.857. The van der Waals surface area contributed by atoms with E-state index in [1.165, 1.54) is 0 Å². The predicted octanol–water partition coefficient (Wildman–Crippen LogP) is 1.64. The van der Waals surface area contributed by atoms with E-state index in [0.717, 1.165) is 25.7 Å². The zero-order chi connectivity index (χ0) is 21.8. The summed E-state index contributed by atoms with van der Waals surface area (Å²) in [5, 5.41) is 7.83. The second-order valence-corrected chi connectivity index (χ2v) is 9.64. The van der Waals surface area contributed by atoms with Crippen LogP contribution in [-0.4, -0.2) is 57.9 Å². The van der Waals surface area contributed by atoms with Gasteiger partial charge in [0.15, 0.2) is 24.0 Å². The molecule has 4 saturated heterocycles. The highest BCUT2D eigenvalue weighted by Crippen LogP contribution is 2.60. The van der Waals surface area contributed by atoms with Crippen molar-refractivity contribution in [2.45, 2.75) is 77.0 Å². The summed E-state index contributed by atoms with van der Waals surface area (Å²) < 4.78 is 20.5. The molecule has 4 aliphatic heterocycles. The fourth-order valence-electron chi connectivity index (χ4n) is 5.97. The van der Waals surface area contributed by atoms with E-state index in [1.807, 2.05) is 6.92 Å². The summed E-state index contributed by atoms with van der Waals surface area (Å²) in [5.74, 6) is 0.162. The Kier molecular flexibility index (Phi) is 5.43. The van der Waals surface area contributed by atoms with Crippen LogP contribution in [0.4, 0.5) is 0 Å². The van der Waals surface area contributed by atoms with E-state index in [1.54, 1.807) is 10.9 Å². The van der Waals surface area contributed by atoms with Crippen molar-refractivity contribution in [3.05, 3.63) is 11.9 Å². The molecule has 5 heterocycles. The van der Waals surface area contributed by atoms with Crippen molar-refractivity contribution in [1.82, 2.24) is 15.0 Å². The number of Topliss-reactive ketones (excluding diaryl/α,β-unsaturated/α-hetero) is 1. The highest BCUT2D eigenvalue weighted by molar-refractivity contribution is 5.95. The molecule has 1 aromatic rings. The van der Waals surface area contributed by atoms with Gasteiger partial charge >= 0.3 is 0 Å². The maximum absolute atomic E-state index is 11.6. The van der Waals surface area contributed by atoms with Gasteiger partial charge in [0, 0.05) is 18.3 Å². The standard InChI is InChI=1S/C21H32N4O6/c1-12-4-5-15-13(2)18(27-9-8-25-11-16(23-24-25)17(26)10-22)28-19-21(15)14(12)6-7-20(3,29-19)30-31-21/h11-15,18-19H,4-10,22H2,1-3H3/t12-,13-,14?,15?,18?,19?,20-,21?/m1/s1. The van der Waals surface area contributed by atoms with Gasteiger partial charge in [-0.25, -0.2) is 14.5 Å². The van der Waals surface area contributed by atoms with E-state index in [9.17, 15) is 4.79 Å². The van der Waals surface area contributed by atoms with Crippen LogP contribution in [0.5, 0.6) is 0 Å². The van der Waals surface area contributed by atoms with Gasteiger partial charge in [-0.15, -0.1) is 5.10 Å². The van der Waals surface area contributed by atoms with Crippen LogP contribution in [0.1, 0.15) is 56.9 Å². The molecular formula is C21H32N4O6. The zero-order valence-corrected chi connectivity index (χ0v) is 18.4. The predicted molar refractivity (Wildman–Crippen MR) is 106 cm³/mol. The number of nitrogens with zero attached hydrogens (tertiary/aromatic N) is 3. The van der Waals surface area contributed by atoms with Crippen molar-refractivity contribution in [2.24, 2.45) is 29.4 Å². The molecule has 0 aromatic carbocycles. The summed E-state index contributed by atoms with van der Waals surface area (Å²) in [6.45, 7) is 7.11. The lowest BCUT2D eigenvalue weighted by Crippen LogP contribution is -2.70. The monoisotopic (exact) mass is 436 g/mol. The van der Waals surface area contributed by atoms with E-state index in [4.69, 9.17) is 29.7 Å². The molecule has 1 aliphatic carbocycles. The number of fused-ring (bicyclic) bond motifs is 2. The van der Waals surface area contributed by atoms with Gasteiger partial charge in [-0.2, -0.15) is 0 Å². The lowest BCUT2D eigenvalue weighted by atomic mass is 9.58. The molecule has 1 aromatic heterocycles. The molecule has 5 unspecified atom stereocenters. The normalized spacial score (nSPS) is 44.0. The number of aromatic nitrogens is 3. The molecule has 1 spiro atoms. The molecule has 5 fully saturated rings. The number of ketones is 1. The van der Waals surface area contributed by atoms with Gasteiger partial charge in [0.05, 0.1) is 25.9 Å². The van der Waals surface area contributed by atoms with Crippen LogP contribution in [0, 0.1) is 23.7 Å². The van der Waals surface area contributed by atoms with Gasteiger partial charge in [-0.1, -0.05) is 19.1 Å². The van der Waals surface area contributed by atoms with E-state index < -0.39 is 24.0 Å². The third kappa shape index (κ3) is 3.44. The first kappa shape index (κ1) is 21.4. The Labute approximate surface area is 181 Å². The molecule has 0 amide bonds. The summed E-state index contributed by atoms with van der Waals surface area (Å²) in [7, 11) is 0. The third-order valence-corrected chi connectivity index (χ3v) is 7.71. The van der Waals surface area contributed by atoms with Crippen LogP contribution in [0.3, 0.4) is 0 Å². The van der Waals surface area contributed by atoms with Crippen LogP contribution >= 0.6 is 0 Å². The van der Waals surface area contributed by atoms with Gasteiger partial charge < -0.3 is 19.9 Å². The number of carbonyl (C=O) groups excluding carboxylic acids is 1. The fourth-order valence-corrected chi connectivity index (χ4v) is 5.97. The van der Waals surface area contributed by atoms with Crippen molar-refractivity contribution in [1.29, 1.82) is 0 Å². The molecule has 2 bridgehead atoms. The molecule has 6 rings (SSSR count). The molecule has 10 nitrogen and oxygen atoms in total.